The highest BCUT2D eigenvalue weighted by molar-refractivity contribution is 4.78. The summed E-state index contributed by atoms with van der Waals surface area (Å²) in [4.78, 5) is 2.52. The van der Waals surface area contributed by atoms with Crippen LogP contribution in [0.1, 0.15) is 45.4 Å². The van der Waals surface area contributed by atoms with Crippen LogP contribution in [0.3, 0.4) is 0 Å². The standard InChI is InChI=1S/C12H26N2/c1-3-11-6-4-7-12(10-11)14(2)9-5-8-13/h11-12H,3-10,13H2,1-2H3. The summed E-state index contributed by atoms with van der Waals surface area (Å²) in [6, 6.07) is 0.834. The average molecular weight is 198 g/mol. The van der Waals surface area contributed by atoms with Gasteiger partial charge in [0.25, 0.3) is 0 Å². The Balaban J connectivity index is 2.27. The van der Waals surface area contributed by atoms with Gasteiger partial charge in [-0.15, -0.1) is 0 Å². The van der Waals surface area contributed by atoms with E-state index >= 15 is 0 Å². The Kier molecular flexibility index (Phi) is 5.49. The molecule has 1 fully saturated rings. The fraction of sp³-hybridized carbons (Fsp3) is 1.00. The van der Waals surface area contributed by atoms with Crippen LogP contribution < -0.4 is 5.73 Å². The van der Waals surface area contributed by atoms with Gasteiger partial charge in [-0.25, -0.2) is 0 Å². The van der Waals surface area contributed by atoms with Gasteiger partial charge in [-0.1, -0.05) is 26.2 Å². The van der Waals surface area contributed by atoms with Crippen molar-refractivity contribution in [2.75, 3.05) is 20.1 Å². The van der Waals surface area contributed by atoms with Crippen LogP contribution in [0.5, 0.6) is 0 Å². The number of rotatable bonds is 5. The van der Waals surface area contributed by atoms with Gasteiger partial charge in [-0.2, -0.15) is 0 Å². The molecule has 84 valence electrons. The van der Waals surface area contributed by atoms with E-state index in [2.05, 4.69) is 18.9 Å². The topological polar surface area (TPSA) is 29.3 Å². The molecule has 0 amide bonds. The first-order valence-corrected chi connectivity index (χ1v) is 6.18. The Bertz CT molecular complexity index is 147. The van der Waals surface area contributed by atoms with Crippen LogP contribution in [-0.4, -0.2) is 31.1 Å². The molecule has 0 saturated heterocycles. The largest absolute Gasteiger partial charge is 0.330 e. The van der Waals surface area contributed by atoms with Gasteiger partial charge >= 0.3 is 0 Å². The molecule has 1 aliphatic rings. The van der Waals surface area contributed by atoms with Crippen molar-refractivity contribution in [1.82, 2.24) is 4.90 Å². The normalized spacial score (nSPS) is 28.3. The molecule has 0 aromatic rings. The van der Waals surface area contributed by atoms with Gasteiger partial charge in [0, 0.05) is 6.04 Å². The SMILES string of the molecule is CCC1CCCC(N(C)CCCN)C1. The van der Waals surface area contributed by atoms with Crippen molar-refractivity contribution in [3.05, 3.63) is 0 Å². The third kappa shape index (κ3) is 3.58. The molecule has 2 nitrogen and oxygen atoms in total. The van der Waals surface area contributed by atoms with E-state index in [4.69, 9.17) is 5.73 Å². The van der Waals surface area contributed by atoms with E-state index in [1.807, 2.05) is 0 Å². The van der Waals surface area contributed by atoms with Crippen molar-refractivity contribution in [2.45, 2.75) is 51.5 Å². The molecule has 0 aromatic carbocycles. The zero-order valence-electron chi connectivity index (χ0n) is 9.84. The highest BCUT2D eigenvalue weighted by Crippen LogP contribution is 2.29. The quantitative estimate of drug-likeness (QED) is 0.734. The Morgan fingerprint density at radius 2 is 2.14 bits per heavy atom. The van der Waals surface area contributed by atoms with E-state index in [1.54, 1.807) is 0 Å². The van der Waals surface area contributed by atoms with Gasteiger partial charge in [0.15, 0.2) is 0 Å². The summed E-state index contributed by atoms with van der Waals surface area (Å²) in [7, 11) is 2.26. The van der Waals surface area contributed by atoms with Crippen molar-refractivity contribution < 1.29 is 0 Å². The van der Waals surface area contributed by atoms with Crippen LogP contribution in [0.2, 0.25) is 0 Å². The molecule has 0 bridgehead atoms. The van der Waals surface area contributed by atoms with E-state index in [0.717, 1.165) is 24.9 Å². The molecule has 1 aliphatic carbocycles. The van der Waals surface area contributed by atoms with Gasteiger partial charge in [0.1, 0.15) is 0 Å². The molecule has 0 spiro atoms. The fourth-order valence-corrected chi connectivity index (χ4v) is 2.56. The second kappa shape index (κ2) is 6.41. The lowest BCUT2D eigenvalue weighted by Crippen LogP contribution is -2.37. The lowest BCUT2D eigenvalue weighted by molar-refractivity contribution is 0.155. The maximum absolute atomic E-state index is 5.53. The molecule has 0 aromatic heterocycles. The molecule has 1 rings (SSSR count). The summed E-state index contributed by atoms with van der Waals surface area (Å²) in [6.07, 6.45) is 8.20. The van der Waals surface area contributed by atoms with Crippen LogP contribution in [-0.2, 0) is 0 Å². The van der Waals surface area contributed by atoms with Crippen molar-refractivity contribution >= 4 is 0 Å². The predicted octanol–water partition coefficient (Wildman–Crippen LogP) is 2.24. The molecular weight excluding hydrogens is 172 g/mol. The first kappa shape index (κ1) is 12.0. The minimum absolute atomic E-state index is 0.828. The lowest BCUT2D eigenvalue weighted by atomic mass is 9.83. The lowest BCUT2D eigenvalue weighted by Gasteiger charge is -2.35. The van der Waals surface area contributed by atoms with Crippen molar-refractivity contribution in [2.24, 2.45) is 11.7 Å². The average Bonchev–Trinajstić information content (AvgIpc) is 2.26. The zero-order chi connectivity index (χ0) is 10.4. The summed E-state index contributed by atoms with van der Waals surface area (Å²) >= 11 is 0. The summed E-state index contributed by atoms with van der Waals surface area (Å²) < 4.78 is 0. The Morgan fingerprint density at radius 1 is 1.36 bits per heavy atom. The number of nitrogens with two attached hydrogens (primary N) is 1. The maximum atomic E-state index is 5.53. The fourth-order valence-electron chi connectivity index (χ4n) is 2.56. The summed E-state index contributed by atoms with van der Waals surface area (Å²) in [5, 5.41) is 0. The molecule has 2 heteroatoms. The van der Waals surface area contributed by atoms with E-state index in [9.17, 15) is 0 Å². The van der Waals surface area contributed by atoms with Gasteiger partial charge in [0.2, 0.25) is 0 Å². The molecular formula is C12H26N2. The second-order valence-electron chi connectivity index (χ2n) is 4.72. The minimum Gasteiger partial charge on any atom is -0.330 e. The smallest absolute Gasteiger partial charge is 0.00948 e. The van der Waals surface area contributed by atoms with Gasteiger partial charge < -0.3 is 10.6 Å². The summed E-state index contributed by atoms with van der Waals surface area (Å²) in [5.74, 6) is 0.981. The van der Waals surface area contributed by atoms with E-state index < -0.39 is 0 Å². The molecule has 0 heterocycles. The van der Waals surface area contributed by atoms with E-state index in [1.165, 1.54) is 38.6 Å². The highest BCUT2D eigenvalue weighted by atomic mass is 15.1. The van der Waals surface area contributed by atoms with Crippen LogP contribution in [0.15, 0.2) is 0 Å². The Labute approximate surface area is 88.8 Å². The third-order valence-corrected chi connectivity index (χ3v) is 3.67. The molecule has 0 radical (unpaired) electrons. The van der Waals surface area contributed by atoms with E-state index in [0.29, 0.717) is 0 Å². The van der Waals surface area contributed by atoms with E-state index in [-0.39, 0.29) is 0 Å². The number of nitrogens with zero attached hydrogens (tertiary/aromatic N) is 1. The second-order valence-corrected chi connectivity index (χ2v) is 4.72. The first-order chi connectivity index (χ1) is 6.77. The molecule has 2 atom stereocenters. The molecule has 2 N–H and O–H groups in total. The van der Waals surface area contributed by atoms with Gasteiger partial charge in [-0.3, -0.25) is 0 Å². The van der Waals surface area contributed by atoms with Crippen molar-refractivity contribution in [3.63, 3.8) is 0 Å². The molecule has 0 aliphatic heterocycles. The maximum Gasteiger partial charge on any atom is 0.00948 e. The minimum atomic E-state index is 0.828. The van der Waals surface area contributed by atoms with Crippen LogP contribution >= 0.6 is 0 Å². The Morgan fingerprint density at radius 3 is 2.79 bits per heavy atom. The summed E-state index contributed by atoms with van der Waals surface area (Å²) in [5.41, 5.74) is 5.53. The third-order valence-electron chi connectivity index (χ3n) is 3.67. The van der Waals surface area contributed by atoms with Crippen LogP contribution in [0, 0.1) is 5.92 Å². The summed E-state index contributed by atoms with van der Waals surface area (Å²) in [6.45, 7) is 4.33. The molecule has 2 unspecified atom stereocenters. The molecule has 1 saturated carbocycles. The predicted molar refractivity (Wildman–Crippen MR) is 62.3 cm³/mol. The van der Waals surface area contributed by atoms with Crippen LogP contribution in [0.25, 0.3) is 0 Å². The van der Waals surface area contributed by atoms with Gasteiger partial charge in [0.05, 0.1) is 0 Å². The monoisotopic (exact) mass is 198 g/mol. The number of hydrogen-bond donors (Lipinski definition) is 1. The Hall–Kier alpha value is -0.0800. The van der Waals surface area contributed by atoms with Crippen LogP contribution in [0.4, 0.5) is 0 Å². The molecule has 14 heavy (non-hydrogen) atoms. The van der Waals surface area contributed by atoms with Crippen molar-refractivity contribution in [3.8, 4) is 0 Å². The van der Waals surface area contributed by atoms with Crippen molar-refractivity contribution in [1.29, 1.82) is 0 Å². The highest BCUT2D eigenvalue weighted by Gasteiger charge is 2.23. The van der Waals surface area contributed by atoms with Gasteiger partial charge in [-0.05, 0) is 45.3 Å². The first-order valence-electron chi connectivity index (χ1n) is 6.18. The number of hydrogen-bond acceptors (Lipinski definition) is 2. The zero-order valence-corrected chi connectivity index (χ0v) is 9.84.